The van der Waals surface area contributed by atoms with Crippen LogP contribution >= 0.6 is 22.9 Å². The fourth-order valence-electron chi connectivity index (χ4n) is 1.04. The molecular formula is C8H4ClFOS. The van der Waals surface area contributed by atoms with Crippen LogP contribution < -0.4 is 0 Å². The maximum Gasteiger partial charge on any atom is 0.173 e. The zero-order valence-corrected chi connectivity index (χ0v) is 7.42. The number of halogens is 2. The zero-order chi connectivity index (χ0) is 8.72. The molecule has 1 heterocycles. The van der Waals surface area contributed by atoms with Gasteiger partial charge in [-0.2, -0.15) is 0 Å². The number of benzene rings is 1. The third-order valence-electron chi connectivity index (χ3n) is 1.58. The number of hydrogen-bond donors (Lipinski definition) is 1. The molecule has 0 aliphatic heterocycles. The molecule has 0 aliphatic rings. The van der Waals surface area contributed by atoms with Crippen molar-refractivity contribution in [3.8, 4) is 5.75 Å². The fourth-order valence-corrected chi connectivity index (χ4v) is 2.18. The molecule has 2 aromatic rings. The summed E-state index contributed by atoms with van der Waals surface area (Å²) in [4.78, 5) is 0. The van der Waals surface area contributed by atoms with Crippen LogP contribution in [0, 0.1) is 5.82 Å². The lowest BCUT2D eigenvalue weighted by Gasteiger charge is -1.94. The summed E-state index contributed by atoms with van der Waals surface area (Å²) < 4.78 is 14.4. The summed E-state index contributed by atoms with van der Waals surface area (Å²) in [5.74, 6) is -0.937. The lowest BCUT2D eigenvalue weighted by atomic mass is 10.2. The van der Waals surface area contributed by atoms with Crippen LogP contribution in [-0.2, 0) is 0 Å². The van der Waals surface area contributed by atoms with E-state index >= 15 is 0 Å². The average molecular weight is 203 g/mol. The topological polar surface area (TPSA) is 20.2 Å². The molecule has 0 unspecified atom stereocenters. The summed E-state index contributed by atoms with van der Waals surface area (Å²) in [5.41, 5.74) is 0. The van der Waals surface area contributed by atoms with Crippen molar-refractivity contribution in [2.45, 2.75) is 0 Å². The fraction of sp³-hybridized carbons (Fsp3) is 0. The van der Waals surface area contributed by atoms with E-state index in [0.29, 0.717) is 9.72 Å². The standard InChI is InChI=1S/C8H4ClFOS/c9-7-3-4-6(12-7)2-1-5(11)8(4)10/h1-3,11H. The van der Waals surface area contributed by atoms with Crippen molar-refractivity contribution < 1.29 is 9.50 Å². The van der Waals surface area contributed by atoms with Gasteiger partial charge in [-0.05, 0) is 18.2 Å². The van der Waals surface area contributed by atoms with Crippen molar-refractivity contribution in [3.05, 3.63) is 28.4 Å². The minimum Gasteiger partial charge on any atom is -0.505 e. The highest BCUT2D eigenvalue weighted by Crippen LogP contribution is 2.34. The summed E-state index contributed by atoms with van der Waals surface area (Å²) >= 11 is 6.97. The lowest BCUT2D eigenvalue weighted by Crippen LogP contribution is -1.74. The first kappa shape index (κ1) is 7.83. The second-order valence-corrected chi connectivity index (χ2v) is 4.08. The van der Waals surface area contributed by atoms with Crippen molar-refractivity contribution in [1.29, 1.82) is 0 Å². The Bertz CT molecular complexity index is 438. The Kier molecular flexibility index (Phi) is 1.70. The molecule has 0 saturated heterocycles. The number of phenolic OH excluding ortho intramolecular Hbond substituents is 1. The van der Waals surface area contributed by atoms with Gasteiger partial charge in [0.05, 0.1) is 4.34 Å². The predicted octanol–water partition coefficient (Wildman–Crippen LogP) is 3.40. The quantitative estimate of drug-likeness (QED) is 0.694. The van der Waals surface area contributed by atoms with E-state index in [4.69, 9.17) is 16.7 Å². The van der Waals surface area contributed by atoms with Crippen LogP contribution in [0.4, 0.5) is 4.39 Å². The van der Waals surface area contributed by atoms with E-state index in [2.05, 4.69) is 0 Å². The van der Waals surface area contributed by atoms with Crippen molar-refractivity contribution in [2.75, 3.05) is 0 Å². The molecule has 0 saturated carbocycles. The Labute approximate surface area is 77.0 Å². The number of phenols is 1. The third-order valence-corrected chi connectivity index (χ3v) is 2.81. The molecule has 4 heteroatoms. The predicted molar refractivity (Wildman–Crippen MR) is 48.5 cm³/mol. The van der Waals surface area contributed by atoms with E-state index < -0.39 is 5.82 Å². The maximum atomic E-state index is 13.1. The van der Waals surface area contributed by atoms with Crippen LogP contribution in [0.5, 0.6) is 5.75 Å². The van der Waals surface area contributed by atoms with E-state index in [9.17, 15) is 4.39 Å². The Morgan fingerprint density at radius 1 is 1.42 bits per heavy atom. The first-order valence-electron chi connectivity index (χ1n) is 3.25. The molecule has 1 aromatic carbocycles. The molecule has 0 radical (unpaired) electrons. The van der Waals surface area contributed by atoms with Gasteiger partial charge in [-0.25, -0.2) is 4.39 Å². The van der Waals surface area contributed by atoms with Crippen LogP contribution in [0.2, 0.25) is 4.34 Å². The molecule has 2 rings (SSSR count). The first-order valence-corrected chi connectivity index (χ1v) is 4.44. The van der Waals surface area contributed by atoms with E-state index in [1.165, 1.54) is 23.5 Å². The smallest absolute Gasteiger partial charge is 0.173 e. The molecule has 12 heavy (non-hydrogen) atoms. The molecule has 1 aromatic heterocycles. The molecule has 0 spiro atoms. The van der Waals surface area contributed by atoms with Gasteiger partial charge in [0.1, 0.15) is 0 Å². The van der Waals surface area contributed by atoms with Crippen LogP contribution in [-0.4, -0.2) is 5.11 Å². The molecule has 0 amide bonds. The molecule has 0 atom stereocenters. The Hall–Kier alpha value is -0.800. The number of aromatic hydroxyl groups is 1. The highest BCUT2D eigenvalue weighted by atomic mass is 35.5. The van der Waals surface area contributed by atoms with Crippen LogP contribution in [0.1, 0.15) is 0 Å². The molecule has 0 fully saturated rings. The minimum atomic E-state index is -0.601. The second kappa shape index (κ2) is 2.61. The number of rotatable bonds is 0. The van der Waals surface area contributed by atoms with Crippen LogP contribution in [0.25, 0.3) is 10.1 Å². The van der Waals surface area contributed by atoms with E-state index in [0.717, 1.165) is 4.70 Å². The van der Waals surface area contributed by atoms with Gasteiger partial charge in [0.25, 0.3) is 0 Å². The van der Waals surface area contributed by atoms with Crippen molar-refractivity contribution in [2.24, 2.45) is 0 Å². The Balaban J connectivity index is 2.89. The summed E-state index contributed by atoms with van der Waals surface area (Å²) in [5, 5.41) is 9.39. The number of thiophene rings is 1. The Morgan fingerprint density at radius 3 is 2.92 bits per heavy atom. The summed E-state index contributed by atoms with van der Waals surface area (Å²) in [6.07, 6.45) is 0. The van der Waals surface area contributed by atoms with Gasteiger partial charge in [0.2, 0.25) is 0 Å². The highest BCUT2D eigenvalue weighted by molar-refractivity contribution is 7.22. The number of fused-ring (bicyclic) bond motifs is 1. The van der Waals surface area contributed by atoms with Gasteiger partial charge in [-0.1, -0.05) is 11.6 Å². The maximum absolute atomic E-state index is 13.1. The van der Waals surface area contributed by atoms with Gasteiger partial charge >= 0.3 is 0 Å². The average Bonchev–Trinajstić information content (AvgIpc) is 2.39. The van der Waals surface area contributed by atoms with Gasteiger partial charge in [-0.15, -0.1) is 11.3 Å². The lowest BCUT2D eigenvalue weighted by molar-refractivity contribution is 0.436. The van der Waals surface area contributed by atoms with Gasteiger partial charge in [-0.3, -0.25) is 0 Å². The molecule has 1 nitrogen and oxygen atoms in total. The third kappa shape index (κ3) is 1.06. The Morgan fingerprint density at radius 2 is 2.17 bits per heavy atom. The molecule has 1 N–H and O–H groups in total. The second-order valence-electron chi connectivity index (χ2n) is 2.36. The summed E-state index contributed by atoms with van der Waals surface area (Å²) in [6.45, 7) is 0. The largest absolute Gasteiger partial charge is 0.505 e. The zero-order valence-electron chi connectivity index (χ0n) is 5.84. The van der Waals surface area contributed by atoms with Crippen LogP contribution in [0.15, 0.2) is 18.2 Å². The minimum absolute atomic E-state index is 0.336. The molecule has 0 aliphatic carbocycles. The van der Waals surface area contributed by atoms with Crippen LogP contribution in [0.3, 0.4) is 0 Å². The normalized spacial score (nSPS) is 10.8. The number of hydrogen-bond acceptors (Lipinski definition) is 2. The molecular weight excluding hydrogens is 199 g/mol. The first-order chi connectivity index (χ1) is 5.68. The monoisotopic (exact) mass is 202 g/mol. The van der Waals surface area contributed by atoms with Gasteiger partial charge < -0.3 is 5.11 Å². The SMILES string of the molecule is Oc1ccc2sc(Cl)cc2c1F. The van der Waals surface area contributed by atoms with Crippen molar-refractivity contribution in [3.63, 3.8) is 0 Å². The van der Waals surface area contributed by atoms with E-state index in [-0.39, 0.29) is 5.75 Å². The molecule has 0 bridgehead atoms. The van der Waals surface area contributed by atoms with Crippen molar-refractivity contribution >= 4 is 33.0 Å². The van der Waals surface area contributed by atoms with Gasteiger partial charge in [0.15, 0.2) is 11.6 Å². The van der Waals surface area contributed by atoms with Crippen molar-refractivity contribution in [1.82, 2.24) is 0 Å². The summed E-state index contributed by atoms with van der Waals surface area (Å²) in [6, 6.07) is 4.48. The van der Waals surface area contributed by atoms with E-state index in [1.54, 1.807) is 6.07 Å². The molecule has 62 valence electrons. The van der Waals surface area contributed by atoms with Gasteiger partial charge in [0, 0.05) is 10.1 Å². The highest BCUT2D eigenvalue weighted by Gasteiger charge is 2.08. The summed E-state index contributed by atoms with van der Waals surface area (Å²) in [7, 11) is 0. The van der Waals surface area contributed by atoms with E-state index in [1.807, 2.05) is 0 Å².